The molecule has 0 aliphatic carbocycles. The van der Waals surface area contributed by atoms with Crippen LogP contribution in [-0.4, -0.2) is 38.0 Å². The number of urea groups is 1. The molecule has 22 heavy (non-hydrogen) atoms. The summed E-state index contributed by atoms with van der Waals surface area (Å²) < 4.78 is 6.21. The van der Waals surface area contributed by atoms with Gasteiger partial charge in [0.25, 0.3) is 5.91 Å². The van der Waals surface area contributed by atoms with E-state index < -0.39 is 6.04 Å². The van der Waals surface area contributed by atoms with Crippen LogP contribution in [0.4, 0.5) is 4.79 Å². The third-order valence-electron chi connectivity index (χ3n) is 3.41. The van der Waals surface area contributed by atoms with E-state index in [4.69, 9.17) is 4.74 Å². The number of benzene rings is 1. The molecule has 1 aliphatic rings. The molecule has 1 aromatic carbocycles. The number of nitrogens with one attached hydrogen (secondary N) is 2. The average Bonchev–Trinajstić information content (AvgIpc) is 2.45. The first kappa shape index (κ1) is 16.4. The summed E-state index contributed by atoms with van der Waals surface area (Å²) in [6.07, 6.45) is 0. The zero-order chi connectivity index (χ0) is 16.4. The summed E-state index contributed by atoms with van der Waals surface area (Å²) in [6.45, 7) is 1.72. The number of hydrogen-bond acceptors (Lipinski definition) is 3. The van der Waals surface area contributed by atoms with Gasteiger partial charge in [-0.05, 0) is 25.1 Å². The first-order valence-corrected chi connectivity index (χ1v) is 7.47. The summed E-state index contributed by atoms with van der Waals surface area (Å²) in [4.78, 5) is 25.8. The normalized spacial score (nSPS) is 17.7. The monoisotopic (exact) mass is 367 g/mol. The number of ether oxygens (including phenoxy) is 1. The quantitative estimate of drug-likeness (QED) is 0.859. The predicted molar refractivity (Wildman–Crippen MR) is 86.5 cm³/mol. The van der Waals surface area contributed by atoms with Crippen molar-refractivity contribution in [3.63, 3.8) is 0 Å². The molecular weight excluding hydrogens is 350 g/mol. The topological polar surface area (TPSA) is 70.7 Å². The van der Waals surface area contributed by atoms with Crippen molar-refractivity contribution in [2.75, 3.05) is 21.2 Å². The maximum absolute atomic E-state index is 12.5. The number of rotatable bonds is 3. The molecule has 1 aromatic rings. The zero-order valence-corrected chi connectivity index (χ0v) is 14.4. The van der Waals surface area contributed by atoms with E-state index in [1.807, 2.05) is 12.1 Å². The molecule has 0 radical (unpaired) electrons. The van der Waals surface area contributed by atoms with Crippen LogP contribution in [-0.2, 0) is 4.79 Å². The van der Waals surface area contributed by atoms with Crippen molar-refractivity contribution in [3.05, 3.63) is 39.5 Å². The Balaban J connectivity index is 2.60. The van der Waals surface area contributed by atoms with Gasteiger partial charge in [-0.1, -0.05) is 15.9 Å². The highest BCUT2D eigenvalue weighted by Gasteiger charge is 2.33. The van der Waals surface area contributed by atoms with Crippen molar-refractivity contribution < 1.29 is 14.3 Å². The van der Waals surface area contributed by atoms with E-state index >= 15 is 0 Å². The van der Waals surface area contributed by atoms with Gasteiger partial charge >= 0.3 is 6.03 Å². The molecule has 0 fully saturated rings. The number of halogens is 1. The maximum atomic E-state index is 12.5. The molecule has 1 heterocycles. The van der Waals surface area contributed by atoms with Crippen LogP contribution < -0.4 is 15.4 Å². The van der Waals surface area contributed by atoms with E-state index in [2.05, 4.69) is 26.6 Å². The van der Waals surface area contributed by atoms with Gasteiger partial charge in [0.2, 0.25) is 0 Å². The molecule has 1 atom stereocenters. The molecule has 3 amide bonds. The lowest BCUT2D eigenvalue weighted by Gasteiger charge is -2.30. The van der Waals surface area contributed by atoms with Crippen molar-refractivity contribution in [1.29, 1.82) is 0 Å². The largest absolute Gasteiger partial charge is 0.496 e. The van der Waals surface area contributed by atoms with Gasteiger partial charge in [-0.25, -0.2) is 4.79 Å². The Bertz CT molecular complexity index is 655. The van der Waals surface area contributed by atoms with Gasteiger partial charge in [0, 0.05) is 29.8 Å². The number of methoxy groups -OCH3 is 1. The van der Waals surface area contributed by atoms with E-state index in [1.165, 1.54) is 4.90 Å². The Kier molecular flexibility index (Phi) is 4.75. The van der Waals surface area contributed by atoms with Gasteiger partial charge in [0.15, 0.2) is 0 Å². The summed E-state index contributed by atoms with van der Waals surface area (Å²) in [7, 11) is 4.90. The minimum atomic E-state index is -0.573. The fourth-order valence-corrected chi connectivity index (χ4v) is 2.76. The summed E-state index contributed by atoms with van der Waals surface area (Å²) in [5, 5.41) is 5.44. The minimum Gasteiger partial charge on any atom is -0.496 e. The molecule has 2 rings (SSSR count). The second-order valence-corrected chi connectivity index (χ2v) is 6.07. The molecule has 0 aromatic heterocycles. The lowest BCUT2D eigenvalue weighted by atomic mass is 9.94. The highest BCUT2D eigenvalue weighted by molar-refractivity contribution is 9.10. The number of amides is 3. The molecule has 6 nitrogen and oxygen atoms in total. The Morgan fingerprint density at radius 1 is 1.36 bits per heavy atom. The summed E-state index contributed by atoms with van der Waals surface area (Å²) in [6, 6.07) is 4.55. The van der Waals surface area contributed by atoms with Gasteiger partial charge < -0.3 is 20.3 Å². The van der Waals surface area contributed by atoms with Crippen molar-refractivity contribution in [2.45, 2.75) is 13.0 Å². The molecule has 0 spiro atoms. The molecule has 118 valence electrons. The maximum Gasteiger partial charge on any atom is 0.319 e. The van der Waals surface area contributed by atoms with Gasteiger partial charge in [-0.3, -0.25) is 4.79 Å². The second-order valence-electron chi connectivity index (χ2n) is 5.16. The molecule has 0 unspecified atom stereocenters. The molecule has 0 bridgehead atoms. The number of nitrogens with zero attached hydrogens (tertiary/aromatic N) is 1. The van der Waals surface area contributed by atoms with Gasteiger partial charge in [-0.15, -0.1) is 0 Å². The van der Waals surface area contributed by atoms with Crippen LogP contribution in [0.15, 0.2) is 33.9 Å². The molecule has 0 saturated carbocycles. The van der Waals surface area contributed by atoms with Crippen molar-refractivity contribution in [1.82, 2.24) is 15.5 Å². The van der Waals surface area contributed by atoms with Crippen LogP contribution in [0.5, 0.6) is 5.75 Å². The number of carbonyl (C=O) groups excluding carboxylic acids is 2. The molecule has 0 saturated heterocycles. The van der Waals surface area contributed by atoms with Gasteiger partial charge in [0.05, 0.1) is 18.7 Å². The van der Waals surface area contributed by atoms with E-state index in [0.29, 0.717) is 17.0 Å². The van der Waals surface area contributed by atoms with E-state index in [0.717, 1.165) is 10.0 Å². The highest BCUT2D eigenvalue weighted by atomic mass is 79.9. The van der Waals surface area contributed by atoms with Crippen LogP contribution in [0, 0.1) is 0 Å². The van der Waals surface area contributed by atoms with Crippen LogP contribution in [0.3, 0.4) is 0 Å². The lowest BCUT2D eigenvalue weighted by molar-refractivity contribution is -0.125. The van der Waals surface area contributed by atoms with Gasteiger partial charge in [-0.2, -0.15) is 0 Å². The SMILES string of the molecule is COc1ccc(Br)cc1[C@H]1NC(=O)NC(C)=C1C(=O)N(C)C. The molecule has 1 aliphatic heterocycles. The fraction of sp³-hybridized carbons (Fsp3) is 0.333. The Labute approximate surface area is 137 Å². The van der Waals surface area contributed by atoms with E-state index in [1.54, 1.807) is 34.2 Å². The number of likely N-dealkylation sites (N-methyl/N-ethyl adjacent to an activating group) is 1. The summed E-state index contributed by atoms with van der Waals surface area (Å²) in [5.41, 5.74) is 1.74. The minimum absolute atomic E-state index is 0.169. The van der Waals surface area contributed by atoms with E-state index in [-0.39, 0.29) is 11.9 Å². The molecule has 7 heteroatoms. The third kappa shape index (κ3) is 3.09. The number of carbonyl (C=O) groups is 2. The highest BCUT2D eigenvalue weighted by Crippen LogP contribution is 2.35. The number of allylic oxidation sites excluding steroid dienone is 1. The standard InChI is InChI=1S/C15H18BrN3O3/c1-8-12(14(20)19(2)3)13(18-15(21)17-8)10-7-9(16)5-6-11(10)22-4/h5-7,13H,1-4H3,(H2,17,18,21)/t13-/m1/s1. The van der Waals surface area contributed by atoms with Crippen molar-refractivity contribution in [3.8, 4) is 5.75 Å². The zero-order valence-electron chi connectivity index (χ0n) is 12.9. The molecule has 2 N–H and O–H groups in total. The summed E-state index contributed by atoms with van der Waals surface area (Å²) in [5.74, 6) is 0.435. The smallest absolute Gasteiger partial charge is 0.319 e. The predicted octanol–water partition coefficient (Wildman–Crippen LogP) is 2.17. The Hall–Kier alpha value is -2.02. The van der Waals surface area contributed by atoms with E-state index in [9.17, 15) is 9.59 Å². The van der Waals surface area contributed by atoms with Crippen LogP contribution in [0.1, 0.15) is 18.5 Å². The van der Waals surface area contributed by atoms with Crippen molar-refractivity contribution >= 4 is 27.9 Å². The second kappa shape index (κ2) is 6.39. The fourth-order valence-electron chi connectivity index (χ4n) is 2.38. The van der Waals surface area contributed by atoms with Crippen LogP contribution in [0.2, 0.25) is 0 Å². The van der Waals surface area contributed by atoms with Crippen molar-refractivity contribution in [2.24, 2.45) is 0 Å². The first-order chi connectivity index (χ1) is 10.3. The lowest BCUT2D eigenvalue weighted by Crippen LogP contribution is -2.46. The number of hydrogen-bond donors (Lipinski definition) is 2. The van der Waals surface area contributed by atoms with Crippen LogP contribution in [0.25, 0.3) is 0 Å². The molecular formula is C15H18BrN3O3. The average molecular weight is 368 g/mol. The third-order valence-corrected chi connectivity index (χ3v) is 3.90. The van der Waals surface area contributed by atoms with Crippen LogP contribution >= 0.6 is 15.9 Å². The first-order valence-electron chi connectivity index (χ1n) is 6.68. The summed E-state index contributed by atoms with van der Waals surface area (Å²) >= 11 is 3.41. The Morgan fingerprint density at radius 2 is 2.05 bits per heavy atom. The Morgan fingerprint density at radius 3 is 2.64 bits per heavy atom. The van der Waals surface area contributed by atoms with Gasteiger partial charge in [0.1, 0.15) is 5.75 Å².